The van der Waals surface area contributed by atoms with E-state index < -0.39 is 0 Å². The number of aliphatic imine (C=N–C) groups is 1. The van der Waals surface area contributed by atoms with Gasteiger partial charge >= 0.3 is 0 Å². The molecular formula is C19H26N6. The average molecular weight is 338 g/mol. The number of hydrogen-bond acceptors (Lipinski definition) is 3. The molecule has 4 rings (SSSR count). The third kappa shape index (κ3) is 3.52. The molecule has 6 nitrogen and oxygen atoms in total. The highest BCUT2D eigenvalue weighted by atomic mass is 15.3. The van der Waals surface area contributed by atoms with Gasteiger partial charge in [-0.25, -0.2) is 9.67 Å². The van der Waals surface area contributed by atoms with Crippen LogP contribution in [0.4, 0.5) is 0 Å². The first-order valence-electron chi connectivity index (χ1n) is 9.24. The number of hydrogen-bond donors (Lipinski definition) is 1. The second-order valence-electron chi connectivity index (χ2n) is 7.08. The summed E-state index contributed by atoms with van der Waals surface area (Å²) in [4.78, 5) is 11.3. The van der Waals surface area contributed by atoms with E-state index in [0.29, 0.717) is 0 Å². The minimum absolute atomic E-state index is 0.745. The highest BCUT2D eigenvalue weighted by Gasteiger charge is 2.35. The van der Waals surface area contributed by atoms with Crippen LogP contribution in [0.1, 0.15) is 31.2 Å². The number of nitrogens with one attached hydrogen (secondary N) is 1. The van der Waals surface area contributed by atoms with Gasteiger partial charge in [-0.3, -0.25) is 4.99 Å². The molecule has 2 aromatic heterocycles. The molecule has 0 spiro atoms. The van der Waals surface area contributed by atoms with E-state index in [0.717, 1.165) is 43.2 Å². The number of guanidine groups is 1. The maximum Gasteiger partial charge on any atom is 0.193 e. The molecule has 1 N–H and O–H groups in total. The van der Waals surface area contributed by atoms with Crippen molar-refractivity contribution in [3.8, 4) is 5.82 Å². The highest BCUT2D eigenvalue weighted by molar-refractivity contribution is 5.80. The van der Waals surface area contributed by atoms with Gasteiger partial charge in [0.2, 0.25) is 0 Å². The van der Waals surface area contributed by atoms with Crippen molar-refractivity contribution in [3.63, 3.8) is 0 Å². The predicted molar refractivity (Wildman–Crippen MR) is 98.6 cm³/mol. The third-order valence-corrected chi connectivity index (χ3v) is 5.49. The largest absolute Gasteiger partial charge is 0.352 e. The zero-order valence-corrected chi connectivity index (χ0v) is 14.8. The van der Waals surface area contributed by atoms with E-state index in [1.165, 1.54) is 31.2 Å². The molecule has 0 bridgehead atoms. The third-order valence-electron chi connectivity index (χ3n) is 5.49. The summed E-state index contributed by atoms with van der Waals surface area (Å²) in [7, 11) is 1.88. The summed E-state index contributed by atoms with van der Waals surface area (Å²) >= 11 is 0. The van der Waals surface area contributed by atoms with Gasteiger partial charge < -0.3 is 10.2 Å². The lowest BCUT2D eigenvalue weighted by Gasteiger charge is -2.22. The Morgan fingerprint density at radius 3 is 2.72 bits per heavy atom. The molecule has 2 atom stereocenters. The van der Waals surface area contributed by atoms with Crippen molar-refractivity contribution in [2.75, 3.05) is 20.1 Å². The molecule has 1 aliphatic carbocycles. The fourth-order valence-corrected chi connectivity index (χ4v) is 4.19. The molecule has 25 heavy (non-hydrogen) atoms. The van der Waals surface area contributed by atoms with Crippen molar-refractivity contribution >= 4 is 5.96 Å². The lowest BCUT2D eigenvalue weighted by atomic mass is 9.82. The average Bonchev–Trinajstić information content (AvgIpc) is 3.32. The zero-order chi connectivity index (χ0) is 17.1. The van der Waals surface area contributed by atoms with Crippen LogP contribution in [0.3, 0.4) is 0 Å². The molecule has 2 unspecified atom stereocenters. The molecule has 1 saturated heterocycles. The van der Waals surface area contributed by atoms with E-state index in [2.05, 4.69) is 31.4 Å². The van der Waals surface area contributed by atoms with Crippen LogP contribution < -0.4 is 5.32 Å². The Kier molecular flexibility index (Phi) is 4.68. The Balaban J connectivity index is 1.39. The van der Waals surface area contributed by atoms with Crippen molar-refractivity contribution in [1.29, 1.82) is 0 Å². The van der Waals surface area contributed by atoms with E-state index in [9.17, 15) is 0 Å². The monoisotopic (exact) mass is 338 g/mol. The van der Waals surface area contributed by atoms with Gasteiger partial charge in [-0.15, -0.1) is 0 Å². The predicted octanol–water partition coefficient (Wildman–Crippen LogP) is 2.46. The quantitative estimate of drug-likeness (QED) is 0.690. The first kappa shape index (κ1) is 16.1. The standard InChI is InChI=1S/C19H26N6/c1-20-19(24-13-16-5-2-3-6-17(16)14-24)22-12-15-7-9-21-18(11-15)25-10-4-8-23-25/h4,7-11,16-17H,2-3,5-6,12-14H2,1H3,(H,20,22). The van der Waals surface area contributed by atoms with Gasteiger partial charge in [0.1, 0.15) is 0 Å². The number of nitrogens with zero attached hydrogens (tertiary/aromatic N) is 5. The van der Waals surface area contributed by atoms with E-state index in [-0.39, 0.29) is 0 Å². The van der Waals surface area contributed by atoms with E-state index >= 15 is 0 Å². The summed E-state index contributed by atoms with van der Waals surface area (Å²) in [6.07, 6.45) is 11.1. The topological polar surface area (TPSA) is 58.3 Å². The van der Waals surface area contributed by atoms with Gasteiger partial charge in [0.25, 0.3) is 0 Å². The van der Waals surface area contributed by atoms with Gasteiger partial charge in [-0.05, 0) is 48.4 Å². The van der Waals surface area contributed by atoms with Crippen molar-refractivity contribution in [2.24, 2.45) is 16.8 Å². The van der Waals surface area contributed by atoms with E-state index in [1.807, 2.05) is 31.6 Å². The molecule has 0 amide bonds. The maximum absolute atomic E-state index is 4.51. The molecule has 0 aromatic carbocycles. The lowest BCUT2D eigenvalue weighted by molar-refractivity contribution is 0.299. The van der Waals surface area contributed by atoms with Gasteiger partial charge in [-0.2, -0.15) is 5.10 Å². The Labute approximate surface area is 149 Å². The Bertz CT molecular complexity index is 709. The molecule has 2 aromatic rings. The summed E-state index contributed by atoms with van der Waals surface area (Å²) < 4.78 is 1.78. The van der Waals surface area contributed by atoms with Crippen LogP contribution in [-0.2, 0) is 6.54 Å². The molecule has 132 valence electrons. The summed E-state index contributed by atoms with van der Waals surface area (Å²) in [5.74, 6) is 3.58. The molecule has 1 saturated carbocycles. The Morgan fingerprint density at radius 2 is 2.04 bits per heavy atom. The number of rotatable bonds is 3. The molecule has 0 radical (unpaired) electrons. The second kappa shape index (κ2) is 7.25. The van der Waals surface area contributed by atoms with Crippen molar-refractivity contribution in [1.82, 2.24) is 25.0 Å². The van der Waals surface area contributed by atoms with Crippen LogP contribution in [-0.4, -0.2) is 45.8 Å². The Hall–Kier alpha value is -2.37. The van der Waals surface area contributed by atoms with Crippen LogP contribution in [0, 0.1) is 11.8 Å². The fourth-order valence-electron chi connectivity index (χ4n) is 4.19. The minimum atomic E-state index is 0.745. The zero-order valence-electron chi connectivity index (χ0n) is 14.8. The summed E-state index contributed by atoms with van der Waals surface area (Å²) in [6, 6.07) is 6.01. The van der Waals surface area contributed by atoms with Crippen LogP contribution in [0.25, 0.3) is 5.82 Å². The smallest absolute Gasteiger partial charge is 0.193 e. The van der Waals surface area contributed by atoms with Crippen molar-refractivity contribution in [2.45, 2.75) is 32.2 Å². The fraction of sp³-hybridized carbons (Fsp3) is 0.526. The van der Waals surface area contributed by atoms with Crippen LogP contribution in [0.5, 0.6) is 0 Å². The molecule has 2 fully saturated rings. The molecule has 2 aliphatic rings. The van der Waals surface area contributed by atoms with Crippen LogP contribution in [0.15, 0.2) is 41.8 Å². The van der Waals surface area contributed by atoms with Gasteiger partial charge in [-0.1, -0.05) is 12.8 Å². The first-order valence-corrected chi connectivity index (χ1v) is 9.24. The summed E-state index contributed by atoms with van der Waals surface area (Å²) in [5, 5.41) is 7.77. The van der Waals surface area contributed by atoms with Gasteiger partial charge in [0.15, 0.2) is 11.8 Å². The van der Waals surface area contributed by atoms with Crippen molar-refractivity contribution in [3.05, 3.63) is 42.4 Å². The minimum Gasteiger partial charge on any atom is -0.352 e. The number of fused-ring (bicyclic) bond motifs is 1. The van der Waals surface area contributed by atoms with Gasteiger partial charge in [0, 0.05) is 45.3 Å². The molecule has 3 heterocycles. The molecule has 1 aliphatic heterocycles. The number of pyridine rings is 1. The highest BCUT2D eigenvalue weighted by Crippen LogP contribution is 2.35. The van der Waals surface area contributed by atoms with Crippen LogP contribution in [0.2, 0.25) is 0 Å². The SMILES string of the molecule is CN=C(NCc1ccnc(-n2cccn2)c1)N1CC2CCCCC2C1. The van der Waals surface area contributed by atoms with Crippen LogP contribution >= 0.6 is 0 Å². The molecule has 6 heteroatoms. The number of likely N-dealkylation sites (tertiary alicyclic amines) is 1. The first-order chi connectivity index (χ1) is 12.3. The number of aromatic nitrogens is 3. The van der Waals surface area contributed by atoms with E-state index in [1.54, 1.807) is 10.9 Å². The normalized spacial score (nSPS) is 23.6. The van der Waals surface area contributed by atoms with E-state index in [4.69, 9.17) is 0 Å². The maximum atomic E-state index is 4.51. The van der Waals surface area contributed by atoms with Gasteiger partial charge in [0.05, 0.1) is 0 Å². The second-order valence-corrected chi connectivity index (χ2v) is 7.08. The summed E-state index contributed by atoms with van der Waals surface area (Å²) in [5.41, 5.74) is 1.18. The van der Waals surface area contributed by atoms with Crippen molar-refractivity contribution < 1.29 is 0 Å². The molecular weight excluding hydrogens is 312 g/mol. The Morgan fingerprint density at radius 1 is 1.24 bits per heavy atom. The summed E-state index contributed by atoms with van der Waals surface area (Å²) in [6.45, 7) is 3.05. The lowest BCUT2D eigenvalue weighted by Crippen LogP contribution is -2.39.